The molecule has 0 bridgehead atoms. The summed E-state index contributed by atoms with van der Waals surface area (Å²) in [5.41, 5.74) is 6.41. The largest absolute Gasteiger partial charge is 0.329 e. The van der Waals surface area contributed by atoms with Crippen molar-refractivity contribution in [1.82, 2.24) is 4.90 Å². The Morgan fingerprint density at radius 3 is 2.73 bits per heavy atom. The van der Waals surface area contributed by atoms with Crippen molar-refractivity contribution in [2.75, 3.05) is 24.6 Å². The molecule has 1 aliphatic carbocycles. The second kappa shape index (κ2) is 5.07. The van der Waals surface area contributed by atoms with Crippen molar-refractivity contribution in [1.29, 1.82) is 0 Å². The highest BCUT2D eigenvalue weighted by Gasteiger charge is 2.44. The number of rotatable bonds is 6. The average molecular weight is 228 g/mol. The van der Waals surface area contributed by atoms with E-state index in [-0.39, 0.29) is 0 Å². The summed E-state index contributed by atoms with van der Waals surface area (Å²) in [5, 5.41) is 0. The zero-order chi connectivity index (χ0) is 10.7. The van der Waals surface area contributed by atoms with Crippen LogP contribution in [-0.2, 0) is 0 Å². The maximum absolute atomic E-state index is 6.05. The minimum atomic E-state index is 0.362. The van der Waals surface area contributed by atoms with Gasteiger partial charge in [0.25, 0.3) is 0 Å². The minimum Gasteiger partial charge on any atom is -0.329 e. The van der Waals surface area contributed by atoms with Gasteiger partial charge in [-0.15, -0.1) is 0 Å². The van der Waals surface area contributed by atoms with Gasteiger partial charge in [0, 0.05) is 23.9 Å². The normalized spacial score (nSPS) is 31.4. The van der Waals surface area contributed by atoms with Crippen molar-refractivity contribution < 1.29 is 0 Å². The molecule has 1 aliphatic heterocycles. The van der Waals surface area contributed by atoms with E-state index in [0.717, 1.165) is 12.6 Å². The summed E-state index contributed by atoms with van der Waals surface area (Å²) < 4.78 is 0. The third kappa shape index (κ3) is 2.51. The molecule has 2 rings (SSSR count). The predicted octanol–water partition coefficient (Wildman–Crippen LogP) is 2.09. The van der Waals surface area contributed by atoms with Gasteiger partial charge in [0.2, 0.25) is 0 Å². The van der Waals surface area contributed by atoms with E-state index in [1.165, 1.54) is 50.2 Å². The molecule has 0 aromatic heterocycles. The van der Waals surface area contributed by atoms with Gasteiger partial charge in [-0.2, -0.15) is 11.8 Å². The second-order valence-corrected chi connectivity index (χ2v) is 6.11. The Balaban J connectivity index is 2.00. The standard InChI is InChI=1S/C12H24N2S/c1-2-3-7-14(11-4-5-11)12(9-13)6-8-15-10-12/h11H,2-10,13H2,1H3. The predicted molar refractivity (Wildman–Crippen MR) is 68.4 cm³/mol. The maximum atomic E-state index is 6.05. The SMILES string of the molecule is CCCCN(C1CC1)C1(CN)CCSC1. The van der Waals surface area contributed by atoms with Crippen LogP contribution >= 0.6 is 11.8 Å². The number of nitrogens with zero attached hydrogens (tertiary/aromatic N) is 1. The monoisotopic (exact) mass is 228 g/mol. The van der Waals surface area contributed by atoms with E-state index < -0.39 is 0 Å². The summed E-state index contributed by atoms with van der Waals surface area (Å²) in [5.74, 6) is 2.58. The summed E-state index contributed by atoms with van der Waals surface area (Å²) in [4.78, 5) is 2.76. The molecule has 0 amide bonds. The fourth-order valence-electron chi connectivity index (χ4n) is 2.62. The molecule has 88 valence electrons. The van der Waals surface area contributed by atoms with Gasteiger partial charge < -0.3 is 5.73 Å². The summed E-state index contributed by atoms with van der Waals surface area (Å²) in [6.07, 6.45) is 6.78. The Bertz CT molecular complexity index is 198. The lowest BCUT2D eigenvalue weighted by Gasteiger charge is -2.40. The first-order valence-electron chi connectivity index (χ1n) is 6.37. The molecule has 2 fully saturated rings. The highest BCUT2D eigenvalue weighted by molar-refractivity contribution is 7.99. The molecular weight excluding hydrogens is 204 g/mol. The van der Waals surface area contributed by atoms with Crippen LogP contribution in [-0.4, -0.2) is 41.1 Å². The van der Waals surface area contributed by atoms with Crippen LogP contribution in [0.25, 0.3) is 0 Å². The lowest BCUT2D eigenvalue weighted by atomic mass is 9.95. The van der Waals surface area contributed by atoms with Crippen molar-refractivity contribution in [3.05, 3.63) is 0 Å². The highest BCUT2D eigenvalue weighted by Crippen LogP contribution is 2.40. The molecule has 2 aliphatic rings. The van der Waals surface area contributed by atoms with Gasteiger partial charge in [-0.05, 0) is 38.0 Å². The summed E-state index contributed by atoms with van der Waals surface area (Å²) in [6.45, 7) is 4.42. The van der Waals surface area contributed by atoms with Crippen molar-refractivity contribution in [3.63, 3.8) is 0 Å². The van der Waals surface area contributed by atoms with Crippen molar-refractivity contribution >= 4 is 11.8 Å². The van der Waals surface area contributed by atoms with Crippen molar-refractivity contribution in [2.24, 2.45) is 5.73 Å². The van der Waals surface area contributed by atoms with E-state index >= 15 is 0 Å². The minimum absolute atomic E-state index is 0.362. The van der Waals surface area contributed by atoms with Crippen molar-refractivity contribution in [3.8, 4) is 0 Å². The van der Waals surface area contributed by atoms with Gasteiger partial charge in [-0.25, -0.2) is 0 Å². The van der Waals surface area contributed by atoms with E-state index in [1.54, 1.807) is 0 Å². The topological polar surface area (TPSA) is 29.3 Å². The van der Waals surface area contributed by atoms with Crippen LogP contribution in [0.4, 0.5) is 0 Å². The highest BCUT2D eigenvalue weighted by atomic mass is 32.2. The quantitative estimate of drug-likeness (QED) is 0.755. The summed E-state index contributed by atoms with van der Waals surface area (Å²) in [6, 6.07) is 0.874. The first-order chi connectivity index (χ1) is 7.32. The van der Waals surface area contributed by atoms with Gasteiger partial charge in [-0.1, -0.05) is 13.3 Å². The third-order valence-corrected chi connectivity index (χ3v) is 5.05. The molecule has 2 N–H and O–H groups in total. The van der Waals surface area contributed by atoms with Crippen LogP contribution in [0.2, 0.25) is 0 Å². The fraction of sp³-hybridized carbons (Fsp3) is 1.00. The van der Waals surface area contributed by atoms with E-state index in [9.17, 15) is 0 Å². The molecule has 1 unspecified atom stereocenters. The zero-order valence-corrected chi connectivity index (χ0v) is 10.7. The lowest BCUT2D eigenvalue weighted by molar-refractivity contribution is 0.105. The molecule has 1 heterocycles. The first-order valence-corrected chi connectivity index (χ1v) is 7.52. The van der Waals surface area contributed by atoms with Crippen molar-refractivity contribution in [2.45, 2.75) is 50.6 Å². The Morgan fingerprint density at radius 1 is 1.47 bits per heavy atom. The summed E-state index contributed by atoms with van der Waals surface area (Å²) in [7, 11) is 0. The zero-order valence-electron chi connectivity index (χ0n) is 9.87. The van der Waals surface area contributed by atoms with Crippen LogP contribution in [0.5, 0.6) is 0 Å². The second-order valence-electron chi connectivity index (χ2n) is 5.01. The Labute approximate surface area is 98.0 Å². The van der Waals surface area contributed by atoms with Gasteiger partial charge in [0.15, 0.2) is 0 Å². The smallest absolute Gasteiger partial charge is 0.0432 e. The molecule has 0 spiro atoms. The number of nitrogens with two attached hydrogens (primary N) is 1. The lowest BCUT2D eigenvalue weighted by Crippen LogP contribution is -2.55. The van der Waals surface area contributed by atoms with Gasteiger partial charge in [0.1, 0.15) is 0 Å². The van der Waals surface area contributed by atoms with Crippen LogP contribution in [0.15, 0.2) is 0 Å². The average Bonchev–Trinajstić information content (AvgIpc) is 2.97. The van der Waals surface area contributed by atoms with Crippen LogP contribution in [0, 0.1) is 0 Å². The third-order valence-electron chi connectivity index (χ3n) is 3.81. The first kappa shape index (κ1) is 11.7. The fourth-order valence-corrected chi connectivity index (χ4v) is 4.10. The van der Waals surface area contributed by atoms with Gasteiger partial charge in [-0.3, -0.25) is 4.90 Å². The van der Waals surface area contributed by atoms with E-state index in [1.807, 2.05) is 0 Å². The van der Waals surface area contributed by atoms with Gasteiger partial charge in [0.05, 0.1) is 0 Å². The molecular formula is C12H24N2S. The van der Waals surface area contributed by atoms with E-state index in [2.05, 4.69) is 23.6 Å². The molecule has 3 heteroatoms. The summed E-state index contributed by atoms with van der Waals surface area (Å²) >= 11 is 2.09. The number of thioether (sulfide) groups is 1. The number of hydrogen-bond donors (Lipinski definition) is 1. The molecule has 15 heavy (non-hydrogen) atoms. The number of unbranched alkanes of at least 4 members (excludes halogenated alkanes) is 1. The Morgan fingerprint density at radius 2 is 2.27 bits per heavy atom. The molecule has 1 saturated heterocycles. The molecule has 0 aromatic rings. The molecule has 0 aromatic carbocycles. The van der Waals surface area contributed by atoms with E-state index in [0.29, 0.717) is 5.54 Å². The van der Waals surface area contributed by atoms with Crippen LogP contribution in [0.3, 0.4) is 0 Å². The number of hydrogen-bond acceptors (Lipinski definition) is 3. The molecule has 2 nitrogen and oxygen atoms in total. The maximum Gasteiger partial charge on any atom is 0.0432 e. The molecule has 1 saturated carbocycles. The molecule has 1 atom stereocenters. The van der Waals surface area contributed by atoms with E-state index in [4.69, 9.17) is 5.73 Å². The Hall–Kier alpha value is 0.270. The Kier molecular flexibility index (Phi) is 3.97. The van der Waals surface area contributed by atoms with Gasteiger partial charge >= 0.3 is 0 Å². The van der Waals surface area contributed by atoms with Crippen LogP contribution < -0.4 is 5.73 Å². The molecule has 0 radical (unpaired) electrons. The van der Waals surface area contributed by atoms with Crippen LogP contribution in [0.1, 0.15) is 39.0 Å².